The predicted molar refractivity (Wildman–Crippen MR) is 98.4 cm³/mol. The predicted octanol–water partition coefficient (Wildman–Crippen LogP) is 2.16. The number of esters is 1. The summed E-state index contributed by atoms with van der Waals surface area (Å²) in [5, 5.41) is 23.8. The van der Waals surface area contributed by atoms with Crippen LogP contribution in [0.3, 0.4) is 0 Å². The summed E-state index contributed by atoms with van der Waals surface area (Å²) in [6.07, 6.45) is 7.04. The van der Waals surface area contributed by atoms with Gasteiger partial charge in [0.15, 0.2) is 0 Å². The fraction of sp³-hybridized carbons (Fsp3) is 0.955. The number of hydrogen-bond acceptors (Lipinski definition) is 5. The molecule has 6 rings (SSSR count). The average molecular weight is 376 g/mol. The lowest BCUT2D eigenvalue weighted by atomic mass is 9.39. The molecule has 5 heteroatoms. The fourth-order valence-electron chi connectivity index (χ4n) is 9.54. The van der Waals surface area contributed by atoms with Gasteiger partial charge < -0.3 is 14.9 Å². The molecule has 0 aromatic rings. The number of aliphatic hydroxyl groups is 2. The minimum atomic E-state index is -0.881. The minimum absolute atomic E-state index is 0.105. The number of piperidine rings is 1. The lowest BCUT2D eigenvalue weighted by molar-refractivity contribution is -0.342. The zero-order valence-electron chi connectivity index (χ0n) is 16.4. The van der Waals surface area contributed by atoms with Crippen molar-refractivity contribution < 1.29 is 19.7 Å². The molecule has 0 radical (unpaired) electrons. The van der Waals surface area contributed by atoms with Crippen molar-refractivity contribution in [3.8, 4) is 0 Å². The highest BCUT2D eigenvalue weighted by molar-refractivity contribution is 5.70. The summed E-state index contributed by atoms with van der Waals surface area (Å²) in [5.41, 5.74) is -1.44. The second-order valence-electron chi connectivity index (χ2n) is 10.7. The van der Waals surface area contributed by atoms with Crippen molar-refractivity contribution in [2.75, 3.05) is 19.7 Å². The third kappa shape index (κ3) is 1.73. The van der Waals surface area contributed by atoms with Crippen LogP contribution in [0.4, 0.5) is 0 Å². The molecule has 0 aromatic carbocycles. The molecule has 3 aliphatic carbocycles. The SMILES string of the molecule is C[C@@H]1CN2C[C@@H]3CC[C@H]4CC[C@@H](O)[C@@H]4[C@@]45CCC(=O)OC[C@@]34CC[C@@H]1[C@@]25O. The lowest BCUT2D eigenvalue weighted by Gasteiger charge is -2.71. The highest BCUT2D eigenvalue weighted by atomic mass is 16.5. The molecule has 3 heterocycles. The molecule has 0 amide bonds. The highest BCUT2D eigenvalue weighted by Gasteiger charge is 2.81. The summed E-state index contributed by atoms with van der Waals surface area (Å²) in [6.45, 7) is 4.65. The van der Waals surface area contributed by atoms with E-state index >= 15 is 0 Å². The van der Waals surface area contributed by atoms with Gasteiger partial charge in [-0.2, -0.15) is 0 Å². The Kier molecular flexibility index (Phi) is 3.37. The quantitative estimate of drug-likeness (QED) is 0.635. The van der Waals surface area contributed by atoms with E-state index < -0.39 is 11.1 Å². The molecule has 3 aliphatic heterocycles. The van der Waals surface area contributed by atoms with Crippen LogP contribution in [0.5, 0.6) is 0 Å². The monoisotopic (exact) mass is 375 g/mol. The number of carbonyl (C=O) groups is 1. The molecule has 150 valence electrons. The van der Waals surface area contributed by atoms with E-state index in [9.17, 15) is 15.0 Å². The topological polar surface area (TPSA) is 70.0 Å². The molecule has 0 unspecified atom stereocenters. The second-order valence-corrected chi connectivity index (χ2v) is 10.7. The summed E-state index contributed by atoms with van der Waals surface area (Å²) in [7, 11) is 0. The van der Waals surface area contributed by atoms with Crippen LogP contribution in [-0.4, -0.2) is 52.6 Å². The zero-order chi connectivity index (χ0) is 18.6. The number of nitrogens with zero attached hydrogens (tertiary/aromatic N) is 1. The molecule has 5 nitrogen and oxygen atoms in total. The Morgan fingerprint density at radius 1 is 1.11 bits per heavy atom. The molecule has 4 bridgehead atoms. The van der Waals surface area contributed by atoms with E-state index in [2.05, 4.69) is 11.8 Å². The molecule has 9 atom stereocenters. The molecule has 3 saturated heterocycles. The van der Waals surface area contributed by atoms with Crippen LogP contribution in [-0.2, 0) is 9.53 Å². The third-order valence-electron chi connectivity index (χ3n) is 10.3. The van der Waals surface area contributed by atoms with E-state index in [1.807, 2.05) is 0 Å². The van der Waals surface area contributed by atoms with Gasteiger partial charge in [0, 0.05) is 36.3 Å². The van der Waals surface area contributed by atoms with Crippen molar-refractivity contribution in [1.82, 2.24) is 4.90 Å². The summed E-state index contributed by atoms with van der Waals surface area (Å²) < 4.78 is 5.83. The molecule has 0 aromatic heterocycles. The van der Waals surface area contributed by atoms with Gasteiger partial charge in [-0.15, -0.1) is 0 Å². The van der Waals surface area contributed by atoms with E-state index in [-0.39, 0.29) is 29.3 Å². The van der Waals surface area contributed by atoms with E-state index in [0.717, 1.165) is 51.6 Å². The van der Waals surface area contributed by atoms with Gasteiger partial charge in [0.25, 0.3) is 0 Å². The first-order valence-corrected chi connectivity index (χ1v) is 11.3. The molecule has 6 fully saturated rings. The van der Waals surface area contributed by atoms with E-state index in [1.54, 1.807) is 0 Å². The van der Waals surface area contributed by atoms with Crippen molar-refractivity contribution in [1.29, 1.82) is 0 Å². The maximum Gasteiger partial charge on any atom is 0.305 e. The minimum Gasteiger partial charge on any atom is -0.465 e. The Morgan fingerprint density at radius 3 is 2.78 bits per heavy atom. The van der Waals surface area contributed by atoms with E-state index in [0.29, 0.717) is 37.2 Å². The Balaban J connectivity index is 1.65. The standard InChI is InChI=1S/C22H33NO4/c1-13-10-23-11-15-4-2-14-3-5-17(24)19(14)21-9-7-18(25)27-12-20(15,21)8-6-16(13)22(21,23)26/h13-17,19,24,26H,2-12H2,1H3/t13-,14+,15+,16+,17-,19-,20+,21+,22+/m1/s1. The van der Waals surface area contributed by atoms with Crippen molar-refractivity contribution in [2.45, 2.75) is 70.1 Å². The fourth-order valence-corrected chi connectivity index (χ4v) is 9.54. The van der Waals surface area contributed by atoms with Gasteiger partial charge in [0.2, 0.25) is 0 Å². The molecule has 6 aliphatic rings. The van der Waals surface area contributed by atoms with E-state index in [1.165, 1.54) is 0 Å². The van der Waals surface area contributed by atoms with Crippen molar-refractivity contribution in [3.63, 3.8) is 0 Å². The normalized spacial score (nSPS) is 59.4. The average Bonchev–Trinajstić information content (AvgIpc) is 3.05. The number of aliphatic hydroxyl groups excluding tert-OH is 1. The molecule has 0 spiro atoms. The van der Waals surface area contributed by atoms with Gasteiger partial charge in [-0.3, -0.25) is 9.69 Å². The van der Waals surface area contributed by atoms with Crippen LogP contribution in [0.1, 0.15) is 58.3 Å². The smallest absolute Gasteiger partial charge is 0.305 e. The number of hydrogen-bond donors (Lipinski definition) is 2. The maximum atomic E-state index is 12.6. The summed E-state index contributed by atoms with van der Waals surface area (Å²) in [4.78, 5) is 14.8. The van der Waals surface area contributed by atoms with Gasteiger partial charge in [-0.05, 0) is 68.6 Å². The number of carbonyl (C=O) groups excluding carboxylic acids is 1. The van der Waals surface area contributed by atoms with Crippen molar-refractivity contribution in [2.24, 2.45) is 40.4 Å². The Bertz CT molecular complexity index is 683. The van der Waals surface area contributed by atoms with Gasteiger partial charge in [0.05, 0.1) is 12.7 Å². The number of fused-ring (bicyclic) bond motifs is 1. The summed E-state index contributed by atoms with van der Waals surface area (Å²) >= 11 is 0. The third-order valence-corrected chi connectivity index (χ3v) is 10.3. The maximum absolute atomic E-state index is 12.6. The number of ether oxygens (including phenoxy) is 1. The number of cyclic esters (lactones) is 1. The van der Waals surface area contributed by atoms with Crippen molar-refractivity contribution in [3.05, 3.63) is 0 Å². The second kappa shape index (κ2) is 5.28. The lowest BCUT2D eigenvalue weighted by Crippen LogP contribution is -2.78. The van der Waals surface area contributed by atoms with Gasteiger partial charge in [-0.25, -0.2) is 0 Å². The zero-order valence-corrected chi connectivity index (χ0v) is 16.4. The molecule has 3 saturated carbocycles. The van der Waals surface area contributed by atoms with Crippen LogP contribution in [0.15, 0.2) is 0 Å². The van der Waals surface area contributed by atoms with Gasteiger partial charge in [0.1, 0.15) is 5.72 Å². The Labute approximate surface area is 161 Å². The van der Waals surface area contributed by atoms with Crippen LogP contribution < -0.4 is 0 Å². The van der Waals surface area contributed by atoms with E-state index in [4.69, 9.17) is 4.74 Å². The first kappa shape index (κ1) is 17.2. The Hall–Kier alpha value is -0.650. The highest BCUT2D eigenvalue weighted by Crippen LogP contribution is 2.77. The molecular weight excluding hydrogens is 342 g/mol. The first-order valence-electron chi connectivity index (χ1n) is 11.3. The Morgan fingerprint density at radius 2 is 1.93 bits per heavy atom. The van der Waals surface area contributed by atoms with Crippen LogP contribution in [0.2, 0.25) is 0 Å². The van der Waals surface area contributed by atoms with Crippen molar-refractivity contribution >= 4 is 5.97 Å². The van der Waals surface area contributed by atoms with Gasteiger partial charge >= 0.3 is 5.97 Å². The largest absolute Gasteiger partial charge is 0.465 e. The summed E-state index contributed by atoms with van der Waals surface area (Å²) in [5.74, 6) is 1.68. The number of rotatable bonds is 0. The molecule has 27 heavy (non-hydrogen) atoms. The first-order chi connectivity index (χ1) is 12.9. The van der Waals surface area contributed by atoms with Crippen LogP contribution >= 0.6 is 0 Å². The molecule has 2 N–H and O–H groups in total. The summed E-state index contributed by atoms with van der Waals surface area (Å²) in [6, 6.07) is 0. The van der Waals surface area contributed by atoms with Crippen LogP contribution in [0.25, 0.3) is 0 Å². The van der Waals surface area contributed by atoms with Crippen LogP contribution in [0, 0.1) is 40.4 Å². The van der Waals surface area contributed by atoms with Gasteiger partial charge in [-0.1, -0.05) is 6.92 Å². The molecular formula is C22H33NO4.